The van der Waals surface area contributed by atoms with Crippen LogP contribution < -0.4 is 16.0 Å². The molecule has 8 rings (SSSR count). The van der Waals surface area contributed by atoms with Gasteiger partial charge in [0.05, 0.1) is 19.1 Å². The Morgan fingerprint density at radius 2 is 1.23 bits per heavy atom. The monoisotopic (exact) mass is 1440 g/mol. The third-order valence-electron chi connectivity index (χ3n) is 24.3. The molecule has 28 heteroatoms. The molecule has 12 amide bonds. The maximum atomic E-state index is 15.8. The van der Waals surface area contributed by atoms with Crippen LogP contribution >= 0.6 is 0 Å². The normalized spacial score (nSPS) is 31.4. The van der Waals surface area contributed by atoms with Crippen LogP contribution in [0.4, 0.5) is 13.2 Å². The standard InChI is InChI=1S/C74H119F3N12O13/c1-12-46(4)61-70(99)82(7)47(5)65(94)89-39-33-54(89)68(97)84(9)56(42-48-24-15-13-16-25-48)67(96)81(6)44-59(90)78-52(31-29-49-30-32-58(51(75)41-49)102-73(76)77)66(95)88-38-23-28-53(88)64(93)80-74(34-19-20-35-74)72(101)86(11)62(50-26-17-18-27-50)71(100)85(10)57(69(98)87-36-21-14-22-37-87)43-60(91)83(8)55(40-45(2)3)63(92)79-61/h45-58,61-62,73H,12-44H2,1-11H3,(H,78,90)(H,79,92)(H,80,93)/t46-,47-,49?,51?,52-,53-,54-,55-,56-,57-,58?,61-,62-/m0/s1. The van der Waals surface area contributed by atoms with E-state index in [9.17, 15) is 28.0 Å². The van der Waals surface area contributed by atoms with Crippen molar-refractivity contribution < 1.29 is 75.4 Å². The number of rotatable bonds is 13. The Morgan fingerprint density at radius 1 is 0.588 bits per heavy atom. The number of carbonyl (C=O) groups excluding carboxylic acids is 12. The van der Waals surface area contributed by atoms with Gasteiger partial charge in [-0.15, -0.1) is 0 Å². The molecule has 4 heterocycles. The van der Waals surface area contributed by atoms with E-state index in [0.29, 0.717) is 64.5 Å². The number of ether oxygens (including phenoxy) is 1. The summed E-state index contributed by atoms with van der Waals surface area (Å²) in [5, 5.41) is 8.92. The highest BCUT2D eigenvalue weighted by atomic mass is 19.3. The Labute approximate surface area is 601 Å². The first-order valence-electron chi connectivity index (χ1n) is 38.4. The first-order chi connectivity index (χ1) is 48.4. The van der Waals surface area contributed by atoms with Crippen LogP contribution in [0.25, 0.3) is 0 Å². The van der Waals surface area contributed by atoms with Gasteiger partial charge in [0.2, 0.25) is 70.9 Å². The predicted molar refractivity (Wildman–Crippen MR) is 374 cm³/mol. The van der Waals surface area contributed by atoms with Gasteiger partial charge in [-0.1, -0.05) is 91.9 Å². The summed E-state index contributed by atoms with van der Waals surface area (Å²) in [7, 11) is 8.84. The molecule has 0 bridgehead atoms. The maximum absolute atomic E-state index is 15.8. The zero-order valence-corrected chi connectivity index (χ0v) is 62.6. The second-order valence-electron chi connectivity index (χ2n) is 31.6. The molecule has 8 fully saturated rings. The van der Waals surface area contributed by atoms with Gasteiger partial charge in [-0.25, -0.2) is 4.39 Å². The molecule has 4 saturated heterocycles. The summed E-state index contributed by atoms with van der Waals surface area (Å²) in [5.41, 5.74) is -1.54. The molecule has 102 heavy (non-hydrogen) atoms. The largest absolute Gasteiger partial charge is 0.345 e. The average molecular weight is 1440 g/mol. The summed E-state index contributed by atoms with van der Waals surface area (Å²) in [6, 6.07) is -10.7. The van der Waals surface area contributed by atoms with Crippen molar-refractivity contribution in [2.24, 2.45) is 29.6 Å². The molecular formula is C74H119F3N12O13. The molecule has 4 saturated carbocycles. The van der Waals surface area contributed by atoms with E-state index < -0.39 is 174 Å². The molecule has 3 unspecified atom stereocenters. The number of fused-ring (bicyclic) bond motifs is 2. The highest BCUT2D eigenvalue weighted by Gasteiger charge is 2.52. The maximum Gasteiger partial charge on any atom is 0.345 e. The number of alkyl halides is 3. The summed E-state index contributed by atoms with van der Waals surface area (Å²) in [6.45, 7) is 6.21. The summed E-state index contributed by atoms with van der Waals surface area (Å²) in [4.78, 5) is 193. The van der Waals surface area contributed by atoms with Crippen molar-refractivity contribution in [2.75, 3.05) is 75.0 Å². The van der Waals surface area contributed by atoms with E-state index in [-0.39, 0.29) is 101 Å². The first-order valence-corrected chi connectivity index (χ1v) is 38.4. The number of amides is 12. The van der Waals surface area contributed by atoms with Gasteiger partial charge in [0.1, 0.15) is 66.1 Å². The fourth-order valence-electron chi connectivity index (χ4n) is 17.4. The molecule has 574 valence electrons. The molecule has 0 aromatic carbocycles. The summed E-state index contributed by atoms with van der Waals surface area (Å²) in [5.74, 6) is -8.54. The van der Waals surface area contributed by atoms with Crippen molar-refractivity contribution in [3.8, 4) is 0 Å². The van der Waals surface area contributed by atoms with Crippen LogP contribution in [0.2, 0.25) is 0 Å². The average Bonchev–Trinajstić information content (AvgIpc) is 1.23. The number of hydrogen-bond acceptors (Lipinski definition) is 13. The van der Waals surface area contributed by atoms with Crippen molar-refractivity contribution >= 4 is 70.9 Å². The van der Waals surface area contributed by atoms with Crippen molar-refractivity contribution in [2.45, 2.75) is 293 Å². The first kappa shape index (κ1) is 81.1. The van der Waals surface area contributed by atoms with Crippen LogP contribution in [0.3, 0.4) is 0 Å². The molecule has 4 aliphatic carbocycles. The smallest absolute Gasteiger partial charge is 0.343 e. The van der Waals surface area contributed by atoms with E-state index >= 15 is 42.7 Å². The molecule has 0 radical (unpaired) electrons. The summed E-state index contributed by atoms with van der Waals surface area (Å²) >= 11 is 0. The van der Waals surface area contributed by atoms with Gasteiger partial charge < -0.3 is 64.8 Å². The lowest BCUT2D eigenvalue weighted by atomic mass is 9.82. The minimum atomic E-state index is -3.17. The number of likely N-dealkylation sites (N-methyl/N-ethyl adjacent to an activating group) is 6. The number of nitrogens with zero attached hydrogens (tertiary/aromatic N) is 9. The second-order valence-corrected chi connectivity index (χ2v) is 31.6. The van der Waals surface area contributed by atoms with Crippen molar-refractivity contribution in [1.29, 1.82) is 0 Å². The van der Waals surface area contributed by atoms with Crippen LogP contribution in [0.1, 0.15) is 214 Å². The molecule has 0 aromatic heterocycles. The van der Waals surface area contributed by atoms with Crippen LogP contribution in [0, 0.1) is 29.6 Å². The number of carbonyl (C=O) groups is 12. The third kappa shape index (κ3) is 19.3. The molecular weight excluding hydrogens is 1320 g/mol. The van der Waals surface area contributed by atoms with Gasteiger partial charge in [0.25, 0.3) is 0 Å². The van der Waals surface area contributed by atoms with Gasteiger partial charge in [-0.3, -0.25) is 57.5 Å². The topological polar surface area (TPSA) is 279 Å². The van der Waals surface area contributed by atoms with Gasteiger partial charge in [0, 0.05) is 68.5 Å². The molecule has 8 aliphatic rings. The van der Waals surface area contributed by atoms with E-state index in [1.54, 1.807) is 11.8 Å². The minimum Gasteiger partial charge on any atom is -0.343 e. The Bertz CT molecular complexity index is 2980. The zero-order chi connectivity index (χ0) is 74.6. The van der Waals surface area contributed by atoms with E-state index in [1.807, 2.05) is 20.8 Å². The second kappa shape index (κ2) is 36.4. The van der Waals surface area contributed by atoms with Gasteiger partial charge >= 0.3 is 6.61 Å². The number of piperidine rings is 1. The van der Waals surface area contributed by atoms with E-state index in [0.717, 1.165) is 51.4 Å². The van der Waals surface area contributed by atoms with Crippen LogP contribution in [-0.2, 0) is 62.3 Å². The van der Waals surface area contributed by atoms with Gasteiger partial charge in [0.15, 0.2) is 0 Å². The summed E-state index contributed by atoms with van der Waals surface area (Å²) < 4.78 is 46.6. The van der Waals surface area contributed by atoms with Gasteiger partial charge in [-0.05, 0) is 146 Å². The highest BCUT2D eigenvalue weighted by Crippen LogP contribution is 2.39. The molecule has 4 aliphatic heterocycles. The third-order valence-corrected chi connectivity index (χ3v) is 24.3. The number of hydrogen-bond donors (Lipinski definition) is 3. The SMILES string of the molecule is CC[C@H](C)[C@@H]1NC(=O)[C@H](CC(C)C)N(C)C(=O)C[C@@H](C(=O)N2CCCCC2)N(C)C(=O)[C@H](C2CCCC2)N(C)C(=O)C2(CCCC2)NC(=O)[C@@H]2CCCN2C(=O)[C@H](CCC2CCC(OC(F)F)C(F)C2)NC(=O)CN(C)C(=O)[C@H](CC2CCCCC2)N(C)C(=O)[C@@H]2CCN2C(=O)[C@H](C)N(C)C1=O. The van der Waals surface area contributed by atoms with Crippen LogP contribution in [0.15, 0.2) is 0 Å². The molecule has 25 nitrogen and oxygen atoms in total. The molecule has 0 aromatic rings. The van der Waals surface area contributed by atoms with Crippen LogP contribution in [0.5, 0.6) is 0 Å². The Balaban J connectivity index is 1.16. The molecule has 13 atom stereocenters. The molecule has 1 spiro atoms. The molecule has 3 N–H and O–H groups in total. The van der Waals surface area contributed by atoms with Crippen molar-refractivity contribution in [3.63, 3.8) is 0 Å². The summed E-state index contributed by atoms with van der Waals surface area (Å²) in [6.07, 6.45) is 9.08. The number of likely N-dealkylation sites (tertiary alicyclic amines) is 1. The lowest BCUT2D eigenvalue weighted by molar-refractivity contribution is -0.188. The van der Waals surface area contributed by atoms with Gasteiger partial charge in [-0.2, -0.15) is 8.78 Å². The zero-order valence-electron chi connectivity index (χ0n) is 62.6. The minimum absolute atomic E-state index is 0.00641. The Hall–Kier alpha value is -6.61. The predicted octanol–water partition coefficient (Wildman–Crippen LogP) is 5.79. The fourth-order valence-corrected chi connectivity index (χ4v) is 17.4. The number of nitrogens with one attached hydrogen (secondary N) is 3. The number of halogens is 3. The Kier molecular flexibility index (Phi) is 28.9. The van der Waals surface area contributed by atoms with E-state index in [4.69, 9.17) is 0 Å². The van der Waals surface area contributed by atoms with Crippen molar-refractivity contribution in [3.05, 3.63) is 0 Å². The van der Waals surface area contributed by atoms with E-state index in [1.165, 1.54) is 88.4 Å². The lowest BCUT2D eigenvalue weighted by Crippen LogP contribution is -2.65. The highest BCUT2D eigenvalue weighted by molar-refractivity contribution is 6.01. The van der Waals surface area contributed by atoms with Crippen molar-refractivity contribution in [1.82, 2.24) is 60.0 Å². The Morgan fingerprint density at radius 3 is 1.83 bits per heavy atom. The van der Waals surface area contributed by atoms with E-state index in [2.05, 4.69) is 20.7 Å². The fraction of sp³-hybridized carbons (Fsp3) is 0.838. The lowest BCUT2D eigenvalue weighted by Gasteiger charge is -2.45. The quantitative estimate of drug-likeness (QED) is 0.197. The van der Waals surface area contributed by atoms with Crippen LogP contribution in [-0.4, -0.2) is 269 Å².